The minimum absolute atomic E-state index is 0.149. The van der Waals surface area contributed by atoms with Crippen LogP contribution in [0, 0.1) is 5.92 Å². The fourth-order valence-electron chi connectivity index (χ4n) is 2.85. The van der Waals surface area contributed by atoms with E-state index in [9.17, 15) is 4.79 Å². The first kappa shape index (κ1) is 14.5. The van der Waals surface area contributed by atoms with E-state index in [1.807, 2.05) is 12.1 Å². The number of carbonyl (C=O) groups excluding carboxylic acids is 1. The summed E-state index contributed by atoms with van der Waals surface area (Å²) in [4.78, 5) is 13.5. The Morgan fingerprint density at radius 2 is 1.73 bits per heavy atom. The first-order valence-corrected chi connectivity index (χ1v) is 7.57. The van der Waals surface area contributed by atoms with Gasteiger partial charge in [0.25, 0.3) is 0 Å². The second kappa shape index (κ2) is 6.58. The van der Waals surface area contributed by atoms with Crippen molar-refractivity contribution in [2.45, 2.75) is 6.54 Å². The largest absolute Gasteiger partial charge is 0.366 e. The van der Waals surface area contributed by atoms with Gasteiger partial charge in [0.1, 0.15) is 6.29 Å². The number of rotatable bonds is 4. The van der Waals surface area contributed by atoms with Gasteiger partial charge in [-0.3, -0.25) is 0 Å². The van der Waals surface area contributed by atoms with Gasteiger partial charge in [0.15, 0.2) is 0 Å². The number of hydrogen-bond acceptors (Lipinski definition) is 3. The average Bonchev–Trinajstić information content (AvgIpc) is 2.56. The molecule has 1 aliphatic heterocycles. The molecule has 0 amide bonds. The van der Waals surface area contributed by atoms with Crippen molar-refractivity contribution < 1.29 is 4.79 Å². The maximum atomic E-state index is 11.2. The van der Waals surface area contributed by atoms with Crippen LogP contribution in [0.15, 0.2) is 48.5 Å². The number of fused-ring (bicyclic) bond motifs is 2. The van der Waals surface area contributed by atoms with Gasteiger partial charge in [0.2, 0.25) is 0 Å². The third-order valence-corrected chi connectivity index (χ3v) is 4.09. The van der Waals surface area contributed by atoms with E-state index >= 15 is 0 Å². The Bertz CT molecular complexity index is 693. The van der Waals surface area contributed by atoms with E-state index in [1.165, 1.54) is 16.7 Å². The van der Waals surface area contributed by atoms with Crippen LogP contribution >= 0.6 is 0 Å². The molecule has 1 atom stereocenters. The summed E-state index contributed by atoms with van der Waals surface area (Å²) < 4.78 is 0. The molecule has 112 valence electrons. The van der Waals surface area contributed by atoms with E-state index in [4.69, 9.17) is 5.73 Å². The maximum Gasteiger partial charge on any atom is 0.126 e. The van der Waals surface area contributed by atoms with Crippen molar-refractivity contribution in [1.29, 1.82) is 0 Å². The van der Waals surface area contributed by atoms with Crippen molar-refractivity contribution in [2.24, 2.45) is 11.7 Å². The number of nitrogens with zero attached hydrogens (tertiary/aromatic N) is 1. The standard InChI is InChI=1S/C19H20N2O/c20-11-15(14-22)12-21-13-18-7-2-1-5-16(18)9-10-17-6-3-4-8-19(17)21/h1-10,14-15H,11-13,20H2/b10-9-. The number of nitrogens with two attached hydrogens (primary N) is 1. The summed E-state index contributed by atoms with van der Waals surface area (Å²) in [5.41, 5.74) is 10.5. The van der Waals surface area contributed by atoms with E-state index in [0.717, 1.165) is 18.5 Å². The lowest BCUT2D eigenvalue weighted by molar-refractivity contribution is -0.110. The first-order chi connectivity index (χ1) is 10.8. The lowest BCUT2D eigenvalue weighted by Gasteiger charge is -2.30. The van der Waals surface area contributed by atoms with Gasteiger partial charge in [-0.25, -0.2) is 0 Å². The summed E-state index contributed by atoms with van der Waals surface area (Å²) in [6, 6.07) is 16.6. The van der Waals surface area contributed by atoms with Crippen LogP contribution in [0.3, 0.4) is 0 Å². The molecule has 2 N–H and O–H groups in total. The van der Waals surface area contributed by atoms with Gasteiger partial charge in [-0.1, -0.05) is 54.6 Å². The molecule has 0 radical (unpaired) electrons. The average molecular weight is 292 g/mol. The topological polar surface area (TPSA) is 46.3 Å². The fourth-order valence-corrected chi connectivity index (χ4v) is 2.85. The smallest absolute Gasteiger partial charge is 0.126 e. The van der Waals surface area contributed by atoms with E-state index < -0.39 is 0 Å². The van der Waals surface area contributed by atoms with Crippen LogP contribution in [0.5, 0.6) is 0 Å². The molecular weight excluding hydrogens is 272 g/mol. The normalized spacial score (nSPS) is 16.0. The maximum absolute atomic E-state index is 11.2. The SMILES string of the molecule is NCC(C=O)CN1Cc2ccccc2/C=C\c2ccccc21. The molecule has 1 unspecified atom stereocenters. The molecule has 0 aliphatic carbocycles. The van der Waals surface area contributed by atoms with Crippen LogP contribution < -0.4 is 10.6 Å². The Hall–Kier alpha value is -2.39. The molecule has 3 heteroatoms. The predicted octanol–water partition coefficient (Wildman–Crippen LogP) is 2.95. The Morgan fingerprint density at radius 3 is 2.50 bits per heavy atom. The molecule has 3 nitrogen and oxygen atoms in total. The van der Waals surface area contributed by atoms with Gasteiger partial charge < -0.3 is 15.4 Å². The minimum atomic E-state index is -0.149. The zero-order valence-corrected chi connectivity index (χ0v) is 12.5. The Morgan fingerprint density at radius 1 is 1.05 bits per heavy atom. The summed E-state index contributed by atoms with van der Waals surface area (Å²) in [5, 5.41) is 0. The highest BCUT2D eigenvalue weighted by molar-refractivity contribution is 5.79. The molecule has 0 saturated heterocycles. The predicted molar refractivity (Wildman–Crippen MR) is 91.5 cm³/mol. The van der Waals surface area contributed by atoms with Crippen LogP contribution in [-0.2, 0) is 11.3 Å². The molecule has 2 aromatic carbocycles. The van der Waals surface area contributed by atoms with Gasteiger partial charge in [-0.15, -0.1) is 0 Å². The van der Waals surface area contributed by atoms with Crippen LogP contribution in [0.4, 0.5) is 5.69 Å². The van der Waals surface area contributed by atoms with Crippen LogP contribution in [0.2, 0.25) is 0 Å². The molecule has 0 fully saturated rings. The highest BCUT2D eigenvalue weighted by atomic mass is 16.1. The number of aldehydes is 1. The molecule has 3 rings (SSSR count). The third kappa shape index (κ3) is 2.95. The molecule has 0 bridgehead atoms. The van der Waals surface area contributed by atoms with Crippen molar-refractivity contribution in [1.82, 2.24) is 0 Å². The molecule has 22 heavy (non-hydrogen) atoms. The Balaban J connectivity index is 2.04. The third-order valence-electron chi connectivity index (χ3n) is 4.09. The molecule has 2 aromatic rings. The van der Waals surface area contributed by atoms with Crippen molar-refractivity contribution in [2.75, 3.05) is 18.0 Å². The monoisotopic (exact) mass is 292 g/mol. The minimum Gasteiger partial charge on any atom is -0.366 e. The van der Waals surface area contributed by atoms with Gasteiger partial charge in [0, 0.05) is 31.2 Å². The van der Waals surface area contributed by atoms with Crippen LogP contribution in [-0.4, -0.2) is 19.4 Å². The summed E-state index contributed by atoms with van der Waals surface area (Å²) >= 11 is 0. The van der Waals surface area contributed by atoms with Crippen molar-refractivity contribution in [3.63, 3.8) is 0 Å². The number of anilines is 1. The van der Waals surface area contributed by atoms with E-state index in [1.54, 1.807) is 0 Å². The van der Waals surface area contributed by atoms with Crippen molar-refractivity contribution in [3.05, 3.63) is 65.2 Å². The fraction of sp³-hybridized carbons (Fsp3) is 0.211. The van der Waals surface area contributed by atoms with Crippen LogP contribution in [0.1, 0.15) is 16.7 Å². The lowest BCUT2D eigenvalue weighted by Crippen LogP contribution is -2.34. The van der Waals surface area contributed by atoms with Gasteiger partial charge in [-0.05, 0) is 22.8 Å². The van der Waals surface area contributed by atoms with Crippen molar-refractivity contribution >= 4 is 24.1 Å². The molecule has 1 aliphatic rings. The van der Waals surface area contributed by atoms with Gasteiger partial charge in [-0.2, -0.15) is 0 Å². The van der Waals surface area contributed by atoms with E-state index in [0.29, 0.717) is 13.1 Å². The molecule has 0 saturated carbocycles. The first-order valence-electron chi connectivity index (χ1n) is 7.57. The number of carbonyl (C=O) groups is 1. The summed E-state index contributed by atoms with van der Waals surface area (Å²) in [6.45, 7) is 1.79. The number of benzene rings is 2. The zero-order valence-electron chi connectivity index (χ0n) is 12.5. The Labute approximate surface area is 131 Å². The highest BCUT2D eigenvalue weighted by Gasteiger charge is 2.18. The zero-order chi connectivity index (χ0) is 15.4. The second-order valence-corrected chi connectivity index (χ2v) is 5.60. The Kier molecular flexibility index (Phi) is 4.35. The molecule has 0 aromatic heterocycles. The highest BCUT2D eigenvalue weighted by Crippen LogP contribution is 2.28. The quantitative estimate of drug-likeness (QED) is 0.881. The molecule has 0 spiro atoms. The van der Waals surface area contributed by atoms with Crippen molar-refractivity contribution in [3.8, 4) is 0 Å². The summed E-state index contributed by atoms with van der Waals surface area (Å²) in [6.07, 6.45) is 5.26. The van der Waals surface area contributed by atoms with Gasteiger partial charge >= 0.3 is 0 Å². The summed E-state index contributed by atoms with van der Waals surface area (Å²) in [7, 11) is 0. The number of para-hydroxylation sites is 1. The van der Waals surface area contributed by atoms with Crippen LogP contribution in [0.25, 0.3) is 12.2 Å². The van der Waals surface area contributed by atoms with E-state index in [2.05, 4.69) is 53.5 Å². The van der Waals surface area contributed by atoms with Gasteiger partial charge in [0.05, 0.1) is 0 Å². The number of hydrogen-bond donors (Lipinski definition) is 1. The second-order valence-electron chi connectivity index (χ2n) is 5.60. The molecule has 1 heterocycles. The lowest BCUT2D eigenvalue weighted by atomic mass is 10.00. The summed E-state index contributed by atoms with van der Waals surface area (Å²) in [5.74, 6) is -0.149. The molecular formula is C19H20N2O. The van der Waals surface area contributed by atoms with E-state index in [-0.39, 0.29) is 5.92 Å².